The molecule has 2 aromatic rings. The second-order valence-electron chi connectivity index (χ2n) is 4.27. The average Bonchev–Trinajstić information content (AvgIpc) is 2.45. The van der Waals surface area contributed by atoms with Gasteiger partial charge in [0.05, 0.1) is 17.7 Å². The molecule has 5 heteroatoms. The maximum absolute atomic E-state index is 12.0. The van der Waals surface area contributed by atoms with Gasteiger partial charge in [-0.25, -0.2) is 0 Å². The summed E-state index contributed by atoms with van der Waals surface area (Å²) >= 11 is 5.99. The lowest BCUT2D eigenvalue weighted by atomic mass is 10.1. The van der Waals surface area contributed by atoms with E-state index in [1.807, 2.05) is 24.3 Å². The molecular weight excluding hydrogens is 276 g/mol. The zero-order valence-electron chi connectivity index (χ0n) is 11.0. The number of rotatable bonds is 4. The van der Waals surface area contributed by atoms with E-state index in [0.29, 0.717) is 22.8 Å². The molecule has 0 atom stereocenters. The lowest BCUT2D eigenvalue weighted by Crippen LogP contribution is -2.23. The summed E-state index contributed by atoms with van der Waals surface area (Å²) in [6.07, 6.45) is 0. The number of nitrogens with two attached hydrogens (primary N) is 1. The summed E-state index contributed by atoms with van der Waals surface area (Å²) in [5, 5.41) is 3.15. The van der Waals surface area contributed by atoms with Gasteiger partial charge in [-0.3, -0.25) is 4.79 Å². The number of carbonyl (C=O) groups excluding carboxylic acids is 1. The first-order valence-electron chi connectivity index (χ1n) is 6.06. The molecule has 0 bridgehead atoms. The van der Waals surface area contributed by atoms with Crippen LogP contribution in [0.2, 0.25) is 5.02 Å². The minimum Gasteiger partial charge on any atom is -0.497 e. The van der Waals surface area contributed by atoms with Crippen LogP contribution < -0.4 is 15.8 Å². The molecule has 0 aliphatic carbocycles. The molecule has 0 aromatic heterocycles. The maximum Gasteiger partial charge on any atom is 0.253 e. The molecule has 1 amide bonds. The molecule has 0 saturated carbocycles. The van der Waals surface area contributed by atoms with Crippen molar-refractivity contribution in [1.82, 2.24) is 5.32 Å². The van der Waals surface area contributed by atoms with Gasteiger partial charge in [-0.1, -0.05) is 23.7 Å². The van der Waals surface area contributed by atoms with Crippen molar-refractivity contribution in [2.45, 2.75) is 6.54 Å². The van der Waals surface area contributed by atoms with Crippen LogP contribution in [-0.2, 0) is 6.54 Å². The highest BCUT2D eigenvalue weighted by Crippen LogP contribution is 2.19. The number of anilines is 1. The van der Waals surface area contributed by atoms with Gasteiger partial charge < -0.3 is 15.8 Å². The molecule has 0 aliphatic rings. The summed E-state index contributed by atoms with van der Waals surface area (Å²) in [6, 6.07) is 12.3. The van der Waals surface area contributed by atoms with Crippen molar-refractivity contribution >= 4 is 23.2 Å². The van der Waals surface area contributed by atoms with Crippen LogP contribution in [0.1, 0.15) is 15.9 Å². The highest BCUT2D eigenvalue weighted by molar-refractivity contribution is 6.34. The van der Waals surface area contributed by atoms with E-state index in [1.54, 1.807) is 25.3 Å². The predicted octanol–water partition coefficient (Wildman–Crippen LogP) is 2.86. The van der Waals surface area contributed by atoms with Crippen LogP contribution in [0.25, 0.3) is 0 Å². The number of nitrogens with one attached hydrogen (secondary N) is 1. The Morgan fingerprint density at radius 3 is 2.80 bits per heavy atom. The molecule has 3 N–H and O–H groups in total. The minimum atomic E-state index is -0.238. The van der Waals surface area contributed by atoms with Crippen molar-refractivity contribution in [2.24, 2.45) is 0 Å². The summed E-state index contributed by atoms with van der Waals surface area (Å²) in [6.45, 7) is 0.400. The first-order valence-corrected chi connectivity index (χ1v) is 6.44. The second-order valence-corrected chi connectivity index (χ2v) is 4.68. The van der Waals surface area contributed by atoms with Gasteiger partial charge in [-0.2, -0.15) is 0 Å². The van der Waals surface area contributed by atoms with Crippen molar-refractivity contribution in [3.8, 4) is 5.75 Å². The van der Waals surface area contributed by atoms with E-state index in [-0.39, 0.29) is 5.91 Å². The first kappa shape index (κ1) is 14.2. The number of hydrogen-bond acceptors (Lipinski definition) is 3. The van der Waals surface area contributed by atoms with Crippen LogP contribution in [0.5, 0.6) is 5.75 Å². The fourth-order valence-corrected chi connectivity index (χ4v) is 2.05. The lowest BCUT2D eigenvalue weighted by Gasteiger charge is -2.08. The highest BCUT2D eigenvalue weighted by atomic mass is 35.5. The van der Waals surface area contributed by atoms with Crippen LogP contribution in [0, 0.1) is 0 Å². The van der Waals surface area contributed by atoms with E-state index in [1.165, 1.54) is 0 Å². The van der Waals surface area contributed by atoms with Gasteiger partial charge in [-0.05, 0) is 35.9 Å². The Morgan fingerprint density at radius 1 is 1.30 bits per heavy atom. The van der Waals surface area contributed by atoms with Gasteiger partial charge in [0.15, 0.2) is 0 Å². The molecule has 0 radical (unpaired) electrons. The van der Waals surface area contributed by atoms with E-state index in [2.05, 4.69) is 5.32 Å². The number of methoxy groups -OCH3 is 1. The van der Waals surface area contributed by atoms with Gasteiger partial charge in [0.25, 0.3) is 5.91 Å². The van der Waals surface area contributed by atoms with Crippen molar-refractivity contribution < 1.29 is 9.53 Å². The largest absolute Gasteiger partial charge is 0.497 e. The standard InChI is InChI=1S/C15H15ClN2O2/c1-20-12-4-2-3-10(7-12)9-18-15(19)13-6-5-11(17)8-14(13)16/h2-8H,9,17H2,1H3,(H,18,19). The Labute approximate surface area is 122 Å². The number of hydrogen-bond donors (Lipinski definition) is 2. The molecular formula is C15H15ClN2O2. The number of benzene rings is 2. The van der Waals surface area contributed by atoms with Crippen LogP contribution in [0.15, 0.2) is 42.5 Å². The molecule has 0 unspecified atom stereocenters. The Hall–Kier alpha value is -2.20. The molecule has 2 aromatic carbocycles. The number of nitrogen functional groups attached to an aromatic ring is 1. The van der Waals surface area contributed by atoms with Crippen LogP contribution >= 0.6 is 11.6 Å². The molecule has 0 fully saturated rings. The monoisotopic (exact) mass is 290 g/mol. The van der Waals surface area contributed by atoms with Gasteiger partial charge in [-0.15, -0.1) is 0 Å². The summed E-state index contributed by atoms with van der Waals surface area (Å²) in [5.74, 6) is 0.514. The zero-order valence-corrected chi connectivity index (χ0v) is 11.8. The molecule has 20 heavy (non-hydrogen) atoms. The highest BCUT2D eigenvalue weighted by Gasteiger charge is 2.10. The molecule has 0 spiro atoms. The molecule has 0 aliphatic heterocycles. The molecule has 4 nitrogen and oxygen atoms in total. The van der Waals surface area contributed by atoms with E-state index >= 15 is 0 Å². The Balaban J connectivity index is 2.04. The van der Waals surface area contributed by atoms with Gasteiger partial charge >= 0.3 is 0 Å². The Bertz CT molecular complexity index is 629. The van der Waals surface area contributed by atoms with Gasteiger partial charge in [0.1, 0.15) is 5.75 Å². The molecule has 2 rings (SSSR count). The topological polar surface area (TPSA) is 64.3 Å². The van der Waals surface area contributed by atoms with Crippen LogP contribution in [0.4, 0.5) is 5.69 Å². The second kappa shape index (κ2) is 6.30. The number of ether oxygens (including phenoxy) is 1. The smallest absolute Gasteiger partial charge is 0.253 e. The van der Waals surface area contributed by atoms with Crippen LogP contribution in [0.3, 0.4) is 0 Å². The Kier molecular flexibility index (Phi) is 4.48. The quantitative estimate of drug-likeness (QED) is 0.851. The fraction of sp³-hybridized carbons (Fsp3) is 0.133. The number of amides is 1. The number of halogens is 1. The molecule has 0 saturated heterocycles. The lowest BCUT2D eigenvalue weighted by molar-refractivity contribution is 0.0951. The van der Waals surface area contributed by atoms with Crippen molar-refractivity contribution in [3.05, 3.63) is 58.6 Å². The van der Waals surface area contributed by atoms with Crippen LogP contribution in [-0.4, -0.2) is 13.0 Å². The van der Waals surface area contributed by atoms with Crippen molar-refractivity contribution in [2.75, 3.05) is 12.8 Å². The van der Waals surface area contributed by atoms with E-state index in [0.717, 1.165) is 11.3 Å². The molecule has 0 heterocycles. The van der Waals surface area contributed by atoms with E-state index < -0.39 is 0 Å². The minimum absolute atomic E-state index is 0.238. The molecule has 104 valence electrons. The maximum atomic E-state index is 12.0. The third-order valence-electron chi connectivity index (χ3n) is 2.82. The average molecular weight is 291 g/mol. The van der Waals surface area contributed by atoms with E-state index in [9.17, 15) is 4.79 Å². The third kappa shape index (κ3) is 3.42. The predicted molar refractivity (Wildman–Crippen MR) is 80.0 cm³/mol. The first-order chi connectivity index (χ1) is 9.60. The summed E-state index contributed by atoms with van der Waals surface area (Å²) in [4.78, 5) is 12.0. The van der Waals surface area contributed by atoms with E-state index in [4.69, 9.17) is 22.1 Å². The Morgan fingerprint density at radius 2 is 2.10 bits per heavy atom. The summed E-state index contributed by atoms with van der Waals surface area (Å²) < 4.78 is 5.13. The van der Waals surface area contributed by atoms with Crippen molar-refractivity contribution in [3.63, 3.8) is 0 Å². The summed E-state index contributed by atoms with van der Waals surface area (Å²) in [5.41, 5.74) is 7.48. The van der Waals surface area contributed by atoms with Gasteiger partial charge in [0.2, 0.25) is 0 Å². The number of carbonyl (C=O) groups is 1. The normalized spacial score (nSPS) is 10.1. The zero-order chi connectivity index (χ0) is 14.5. The van der Waals surface area contributed by atoms with Gasteiger partial charge in [0, 0.05) is 12.2 Å². The van der Waals surface area contributed by atoms with Crippen molar-refractivity contribution in [1.29, 1.82) is 0 Å². The summed E-state index contributed by atoms with van der Waals surface area (Å²) in [7, 11) is 1.60. The third-order valence-corrected chi connectivity index (χ3v) is 3.14. The SMILES string of the molecule is COc1cccc(CNC(=O)c2ccc(N)cc2Cl)c1. The fourth-order valence-electron chi connectivity index (χ4n) is 1.78.